The lowest BCUT2D eigenvalue weighted by molar-refractivity contribution is 0.0950. The van der Waals surface area contributed by atoms with E-state index in [-0.39, 0.29) is 5.91 Å². The van der Waals surface area contributed by atoms with Gasteiger partial charge in [0.15, 0.2) is 0 Å². The normalized spacial score (nSPS) is 10.3. The molecule has 0 unspecified atom stereocenters. The van der Waals surface area contributed by atoms with E-state index in [4.69, 9.17) is 11.6 Å². The lowest BCUT2D eigenvalue weighted by atomic mass is 10.1. The number of carbonyl (C=O) groups excluding carboxylic acids is 1. The number of nitrogens with one attached hydrogen (secondary N) is 1. The number of rotatable bonds is 3. The van der Waals surface area contributed by atoms with E-state index in [9.17, 15) is 4.79 Å². The van der Waals surface area contributed by atoms with E-state index in [2.05, 4.69) is 15.3 Å². The van der Waals surface area contributed by atoms with Crippen molar-refractivity contribution < 1.29 is 4.79 Å². The van der Waals surface area contributed by atoms with Gasteiger partial charge in [0, 0.05) is 30.2 Å². The Morgan fingerprint density at radius 1 is 1.37 bits per heavy atom. The van der Waals surface area contributed by atoms with E-state index >= 15 is 0 Å². The molecule has 1 amide bonds. The molecule has 0 saturated carbocycles. The van der Waals surface area contributed by atoms with Gasteiger partial charge < -0.3 is 5.32 Å². The van der Waals surface area contributed by atoms with Crippen LogP contribution in [0.15, 0.2) is 30.6 Å². The van der Waals surface area contributed by atoms with Gasteiger partial charge in [0.2, 0.25) is 0 Å². The van der Waals surface area contributed by atoms with Gasteiger partial charge in [-0.3, -0.25) is 9.78 Å². The zero-order valence-corrected chi connectivity index (χ0v) is 11.5. The van der Waals surface area contributed by atoms with E-state index in [1.165, 1.54) is 0 Å². The number of carbonyl (C=O) groups is 1. The van der Waals surface area contributed by atoms with Crippen molar-refractivity contribution in [1.82, 2.24) is 15.3 Å². The highest BCUT2D eigenvalue weighted by Crippen LogP contribution is 2.11. The molecule has 19 heavy (non-hydrogen) atoms. The fourth-order valence-electron chi connectivity index (χ4n) is 1.74. The first kappa shape index (κ1) is 13.5. The minimum absolute atomic E-state index is 0.163. The zero-order valence-electron chi connectivity index (χ0n) is 10.8. The SMILES string of the molecule is Cc1cc(C(=O)NCc2ccncc2C)cc(Cl)n1. The summed E-state index contributed by atoms with van der Waals surface area (Å²) < 4.78 is 0. The summed E-state index contributed by atoms with van der Waals surface area (Å²) in [7, 11) is 0. The monoisotopic (exact) mass is 275 g/mol. The number of amides is 1. The first-order valence-electron chi connectivity index (χ1n) is 5.88. The molecule has 5 heteroatoms. The minimum atomic E-state index is -0.163. The zero-order chi connectivity index (χ0) is 13.8. The number of pyridine rings is 2. The first-order valence-corrected chi connectivity index (χ1v) is 6.26. The standard InChI is InChI=1S/C14H14ClN3O/c1-9-7-16-4-3-11(9)8-17-14(19)12-5-10(2)18-13(15)6-12/h3-7H,8H2,1-2H3,(H,17,19). The Hall–Kier alpha value is -1.94. The van der Waals surface area contributed by atoms with Crippen LogP contribution in [0.3, 0.4) is 0 Å². The molecular formula is C14H14ClN3O. The Morgan fingerprint density at radius 2 is 2.16 bits per heavy atom. The van der Waals surface area contributed by atoms with Crippen molar-refractivity contribution in [3.63, 3.8) is 0 Å². The molecule has 1 N–H and O–H groups in total. The van der Waals surface area contributed by atoms with Gasteiger partial charge in [-0.15, -0.1) is 0 Å². The third-order valence-electron chi connectivity index (χ3n) is 2.76. The minimum Gasteiger partial charge on any atom is -0.348 e. The molecule has 0 aromatic carbocycles. The molecule has 4 nitrogen and oxygen atoms in total. The molecule has 0 radical (unpaired) electrons. The second-order valence-corrected chi connectivity index (χ2v) is 4.69. The second-order valence-electron chi connectivity index (χ2n) is 4.30. The lowest BCUT2D eigenvalue weighted by Crippen LogP contribution is -2.23. The van der Waals surface area contributed by atoms with E-state index in [1.54, 1.807) is 31.5 Å². The summed E-state index contributed by atoms with van der Waals surface area (Å²) in [6.07, 6.45) is 3.48. The van der Waals surface area contributed by atoms with Crippen LogP contribution in [0.25, 0.3) is 0 Å². The Bertz CT molecular complexity index is 593. The van der Waals surface area contributed by atoms with E-state index < -0.39 is 0 Å². The van der Waals surface area contributed by atoms with Crippen molar-refractivity contribution in [2.75, 3.05) is 0 Å². The predicted octanol–water partition coefficient (Wildman–Crippen LogP) is 2.68. The van der Waals surface area contributed by atoms with Crippen LogP contribution in [0.1, 0.15) is 27.2 Å². The molecule has 0 saturated heterocycles. The Labute approximate surface area is 116 Å². The summed E-state index contributed by atoms with van der Waals surface area (Å²) in [5.41, 5.74) is 3.33. The molecular weight excluding hydrogens is 262 g/mol. The highest BCUT2D eigenvalue weighted by molar-refractivity contribution is 6.29. The maximum absolute atomic E-state index is 12.0. The van der Waals surface area contributed by atoms with Crippen LogP contribution < -0.4 is 5.32 Å². The quantitative estimate of drug-likeness (QED) is 0.876. The van der Waals surface area contributed by atoms with Crippen molar-refractivity contribution >= 4 is 17.5 Å². The number of halogens is 1. The summed E-state index contributed by atoms with van der Waals surface area (Å²) >= 11 is 5.84. The third kappa shape index (κ3) is 3.51. The van der Waals surface area contributed by atoms with E-state index in [0.29, 0.717) is 17.3 Å². The highest BCUT2D eigenvalue weighted by Gasteiger charge is 2.08. The number of hydrogen-bond donors (Lipinski definition) is 1. The summed E-state index contributed by atoms with van der Waals surface area (Å²) in [5, 5.41) is 3.18. The molecule has 2 aromatic rings. The van der Waals surface area contributed by atoms with Crippen LogP contribution in [0.2, 0.25) is 5.15 Å². The predicted molar refractivity (Wildman–Crippen MR) is 74.1 cm³/mol. The van der Waals surface area contributed by atoms with Gasteiger partial charge >= 0.3 is 0 Å². The maximum Gasteiger partial charge on any atom is 0.251 e. The highest BCUT2D eigenvalue weighted by atomic mass is 35.5. The molecule has 2 aromatic heterocycles. The Balaban J connectivity index is 2.08. The Morgan fingerprint density at radius 3 is 2.84 bits per heavy atom. The molecule has 2 rings (SSSR count). The fourth-order valence-corrected chi connectivity index (χ4v) is 1.99. The molecule has 0 fully saturated rings. The van der Waals surface area contributed by atoms with Crippen LogP contribution in [0.4, 0.5) is 0 Å². The van der Waals surface area contributed by atoms with Gasteiger partial charge in [0.1, 0.15) is 5.15 Å². The lowest BCUT2D eigenvalue weighted by Gasteiger charge is -2.08. The van der Waals surface area contributed by atoms with Crippen molar-refractivity contribution in [2.45, 2.75) is 20.4 Å². The average Bonchev–Trinajstić information content (AvgIpc) is 2.36. The number of aryl methyl sites for hydroxylation is 2. The third-order valence-corrected chi connectivity index (χ3v) is 2.95. The molecule has 0 aliphatic rings. The smallest absolute Gasteiger partial charge is 0.251 e. The second kappa shape index (κ2) is 5.80. The molecule has 98 valence electrons. The average molecular weight is 276 g/mol. The number of hydrogen-bond acceptors (Lipinski definition) is 3. The summed E-state index contributed by atoms with van der Waals surface area (Å²) in [5.74, 6) is -0.163. The van der Waals surface area contributed by atoms with Gasteiger partial charge in [-0.25, -0.2) is 4.98 Å². The van der Waals surface area contributed by atoms with Crippen LogP contribution in [-0.4, -0.2) is 15.9 Å². The van der Waals surface area contributed by atoms with Crippen molar-refractivity contribution in [1.29, 1.82) is 0 Å². The maximum atomic E-state index is 12.0. The van der Waals surface area contributed by atoms with Gasteiger partial charge in [0.05, 0.1) is 0 Å². The molecule has 0 aliphatic heterocycles. The molecule has 0 aliphatic carbocycles. The van der Waals surface area contributed by atoms with Gasteiger partial charge in [-0.1, -0.05) is 11.6 Å². The van der Waals surface area contributed by atoms with Gasteiger partial charge in [-0.2, -0.15) is 0 Å². The van der Waals surface area contributed by atoms with E-state index in [1.807, 2.05) is 13.0 Å². The topological polar surface area (TPSA) is 54.9 Å². The fraction of sp³-hybridized carbons (Fsp3) is 0.214. The van der Waals surface area contributed by atoms with E-state index in [0.717, 1.165) is 16.8 Å². The van der Waals surface area contributed by atoms with Crippen LogP contribution in [0.5, 0.6) is 0 Å². The van der Waals surface area contributed by atoms with Crippen LogP contribution in [-0.2, 0) is 6.54 Å². The Kier molecular flexibility index (Phi) is 4.12. The van der Waals surface area contributed by atoms with Crippen molar-refractivity contribution in [3.8, 4) is 0 Å². The van der Waals surface area contributed by atoms with Crippen molar-refractivity contribution in [2.24, 2.45) is 0 Å². The first-order chi connectivity index (χ1) is 9.06. The van der Waals surface area contributed by atoms with Crippen LogP contribution in [0, 0.1) is 13.8 Å². The summed E-state index contributed by atoms with van der Waals surface area (Å²) in [4.78, 5) is 20.1. The number of aromatic nitrogens is 2. The van der Waals surface area contributed by atoms with Crippen molar-refractivity contribution in [3.05, 3.63) is 58.1 Å². The molecule has 2 heterocycles. The largest absolute Gasteiger partial charge is 0.348 e. The van der Waals surface area contributed by atoms with Crippen LogP contribution >= 0.6 is 11.6 Å². The number of nitrogens with zero attached hydrogens (tertiary/aromatic N) is 2. The molecule has 0 spiro atoms. The summed E-state index contributed by atoms with van der Waals surface area (Å²) in [6, 6.07) is 5.16. The summed E-state index contributed by atoms with van der Waals surface area (Å²) in [6.45, 7) is 4.23. The van der Waals surface area contributed by atoms with Gasteiger partial charge in [0.25, 0.3) is 5.91 Å². The molecule has 0 atom stereocenters. The van der Waals surface area contributed by atoms with Gasteiger partial charge in [-0.05, 0) is 43.2 Å². The molecule has 0 bridgehead atoms.